The number of amides is 1. The highest BCUT2D eigenvalue weighted by Crippen LogP contribution is 2.26. The number of hydrogen-bond acceptors (Lipinski definition) is 4. The Morgan fingerprint density at radius 2 is 1.84 bits per heavy atom. The lowest BCUT2D eigenvalue weighted by Gasteiger charge is -2.24. The third-order valence-corrected chi connectivity index (χ3v) is 4.73. The van der Waals surface area contributed by atoms with Crippen LogP contribution in [-0.4, -0.2) is 30.1 Å². The third kappa shape index (κ3) is 8.17. The fourth-order valence-corrected chi connectivity index (χ4v) is 3.01. The molecule has 0 saturated heterocycles. The fraction of sp³-hybridized carbons (Fsp3) is 0.478. The van der Waals surface area contributed by atoms with Crippen LogP contribution in [0.2, 0.25) is 0 Å². The maximum atomic E-state index is 11.8. The van der Waals surface area contributed by atoms with Crippen molar-refractivity contribution in [3.05, 3.63) is 53.0 Å². The van der Waals surface area contributed by atoms with Gasteiger partial charge in [-0.1, -0.05) is 26.0 Å². The minimum absolute atomic E-state index is 0. The Balaban J connectivity index is 0.00000480. The number of rotatable bonds is 8. The molecule has 7 nitrogen and oxygen atoms in total. The SMILES string of the molecule is CCNC(=NCc1ccc(NC(=O)C(C)C)cc1)NCC(C)(O)c1cc(C)oc1C.I. The highest BCUT2D eigenvalue weighted by atomic mass is 127. The van der Waals surface area contributed by atoms with Gasteiger partial charge in [0.1, 0.15) is 17.1 Å². The zero-order chi connectivity index (χ0) is 22.3. The van der Waals surface area contributed by atoms with Gasteiger partial charge < -0.3 is 25.5 Å². The van der Waals surface area contributed by atoms with E-state index in [4.69, 9.17) is 4.42 Å². The van der Waals surface area contributed by atoms with E-state index in [1.807, 2.05) is 65.0 Å². The van der Waals surface area contributed by atoms with Gasteiger partial charge in [0, 0.05) is 23.7 Å². The van der Waals surface area contributed by atoms with Crippen molar-refractivity contribution in [2.24, 2.45) is 10.9 Å². The van der Waals surface area contributed by atoms with Crippen molar-refractivity contribution in [2.45, 2.75) is 53.7 Å². The predicted octanol–water partition coefficient (Wildman–Crippen LogP) is 4.07. The number of nitrogens with one attached hydrogen (secondary N) is 3. The van der Waals surface area contributed by atoms with Gasteiger partial charge in [-0.25, -0.2) is 4.99 Å². The molecule has 1 aromatic carbocycles. The quantitative estimate of drug-likeness (QED) is 0.229. The van der Waals surface area contributed by atoms with Crippen LogP contribution in [0.4, 0.5) is 5.69 Å². The topological polar surface area (TPSA) is 98.9 Å². The second-order valence-corrected chi connectivity index (χ2v) is 7.99. The number of aliphatic hydroxyl groups is 1. The zero-order valence-electron chi connectivity index (χ0n) is 19.2. The third-order valence-electron chi connectivity index (χ3n) is 4.73. The van der Waals surface area contributed by atoms with Gasteiger partial charge in [-0.2, -0.15) is 0 Å². The first-order chi connectivity index (χ1) is 14.1. The van der Waals surface area contributed by atoms with Crippen LogP contribution in [-0.2, 0) is 16.9 Å². The summed E-state index contributed by atoms with van der Waals surface area (Å²) in [7, 11) is 0. The summed E-state index contributed by atoms with van der Waals surface area (Å²) in [6.45, 7) is 12.7. The molecule has 0 fully saturated rings. The van der Waals surface area contributed by atoms with Crippen LogP contribution in [0.5, 0.6) is 0 Å². The first kappa shape index (κ1) is 27.0. The molecular weight excluding hydrogens is 507 g/mol. The minimum Gasteiger partial charge on any atom is -0.466 e. The summed E-state index contributed by atoms with van der Waals surface area (Å²) < 4.78 is 5.55. The second kappa shape index (κ2) is 12.1. The lowest BCUT2D eigenvalue weighted by atomic mass is 9.96. The molecule has 0 saturated carbocycles. The number of carbonyl (C=O) groups excluding carboxylic acids is 1. The molecule has 1 unspecified atom stereocenters. The molecule has 172 valence electrons. The van der Waals surface area contributed by atoms with E-state index < -0.39 is 5.60 Å². The van der Waals surface area contributed by atoms with Crippen molar-refractivity contribution < 1.29 is 14.3 Å². The number of guanidine groups is 1. The first-order valence-corrected chi connectivity index (χ1v) is 10.3. The van der Waals surface area contributed by atoms with Gasteiger partial charge in [-0.3, -0.25) is 4.79 Å². The Labute approximate surface area is 202 Å². The molecule has 1 heterocycles. The summed E-state index contributed by atoms with van der Waals surface area (Å²) in [5.74, 6) is 2.04. The van der Waals surface area contributed by atoms with Crippen LogP contribution in [0, 0.1) is 19.8 Å². The molecule has 0 aliphatic rings. The molecule has 0 radical (unpaired) electrons. The van der Waals surface area contributed by atoms with Gasteiger partial charge >= 0.3 is 0 Å². The number of aliphatic imine (C=N–C) groups is 1. The van der Waals surface area contributed by atoms with Crippen LogP contribution in [0.25, 0.3) is 0 Å². The van der Waals surface area contributed by atoms with E-state index in [1.54, 1.807) is 6.92 Å². The van der Waals surface area contributed by atoms with E-state index in [0.717, 1.165) is 22.6 Å². The number of anilines is 1. The van der Waals surface area contributed by atoms with Gasteiger partial charge in [0.15, 0.2) is 5.96 Å². The van der Waals surface area contributed by atoms with Crippen LogP contribution in [0.1, 0.15) is 50.3 Å². The predicted molar refractivity (Wildman–Crippen MR) is 136 cm³/mol. The fourth-order valence-electron chi connectivity index (χ4n) is 3.01. The summed E-state index contributed by atoms with van der Waals surface area (Å²) in [5, 5.41) is 20.2. The van der Waals surface area contributed by atoms with E-state index in [9.17, 15) is 9.90 Å². The molecule has 8 heteroatoms. The Hall–Kier alpha value is -2.07. The van der Waals surface area contributed by atoms with Gasteiger partial charge in [0.05, 0.1) is 13.1 Å². The van der Waals surface area contributed by atoms with Gasteiger partial charge in [0.2, 0.25) is 5.91 Å². The minimum atomic E-state index is -1.09. The summed E-state index contributed by atoms with van der Waals surface area (Å²) in [5.41, 5.74) is 1.47. The maximum Gasteiger partial charge on any atom is 0.226 e. The van der Waals surface area contributed by atoms with Gasteiger partial charge in [-0.15, -0.1) is 24.0 Å². The second-order valence-electron chi connectivity index (χ2n) is 7.99. The average molecular weight is 542 g/mol. The van der Waals surface area contributed by atoms with E-state index in [1.165, 1.54) is 0 Å². The van der Waals surface area contributed by atoms with Crippen molar-refractivity contribution in [1.82, 2.24) is 10.6 Å². The lowest BCUT2D eigenvalue weighted by Crippen LogP contribution is -2.44. The average Bonchev–Trinajstić information content (AvgIpc) is 3.04. The number of furan rings is 1. The molecule has 0 bridgehead atoms. The molecule has 2 aromatic rings. The summed E-state index contributed by atoms with van der Waals surface area (Å²) in [4.78, 5) is 16.4. The first-order valence-electron chi connectivity index (χ1n) is 10.3. The molecule has 1 atom stereocenters. The number of hydrogen-bond donors (Lipinski definition) is 4. The normalized spacial score (nSPS) is 13.4. The zero-order valence-corrected chi connectivity index (χ0v) is 21.5. The number of nitrogens with zero attached hydrogens (tertiary/aromatic N) is 1. The summed E-state index contributed by atoms with van der Waals surface area (Å²) >= 11 is 0. The van der Waals surface area contributed by atoms with Gasteiger partial charge in [-0.05, 0) is 51.5 Å². The summed E-state index contributed by atoms with van der Waals surface area (Å²) in [6, 6.07) is 9.49. The Morgan fingerprint density at radius 3 is 2.35 bits per heavy atom. The Kier molecular flexibility index (Phi) is 10.5. The smallest absolute Gasteiger partial charge is 0.226 e. The summed E-state index contributed by atoms with van der Waals surface area (Å²) in [6.07, 6.45) is 0. The van der Waals surface area contributed by atoms with Crippen molar-refractivity contribution in [3.63, 3.8) is 0 Å². The molecule has 4 N–H and O–H groups in total. The van der Waals surface area contributed by atoms with Crippen molar-refractivity contribution in [2.75, 3.05) is 18.4 Å². The largest absolute Gasteiger partial charge is 0.466 e. The van der Waals surface area contributed by atoms with E-state index >= 15 is 0 Å². The molecule has 0 aliphatic heterocycles. The molecule has 0 spiro atoms. The Morgan fingerprint density at radius 1 is 1.19 bits per heavy atom. The molecule has 1 aromatic heterocycles. The van der Waals surface area contributed by atoms with E-state index in [2.05, 4.69) is 20.9 Å². The number of benzene rings is 1. The van der Waals surface area contributed by atoms with Crippen molar-refractivity contribution in [3.8, 4) is 0 Å². The van der Waals surface area contributed by atoms with Crippen molar-refractivity contribution >= 4 is 41.5 Å². The molecular formula is C23H35IN4O3. The number of aryl methyl sites for hydroxylation is 2. The molecule has 1 amide bonds. The van der Waals surface area contributed by atoms with Crippen molar-refractivity contribution in [1.29, 1.82) is 0 Å². The highest BCUT2D eigenvalue weighted by molar-refractivity contribution is 14.0. The Bertz CT molecular complexity index is 873. The number of carbonyl (C=O) groups is 1. The maximum absolute atomic E-state index is 11.8. The van der Waals surface area contributed by atoms with Crippen LogP contribution < -0.4 is 16.0 Å². The molecule has 2 rings (SSSR count). The standard InChI is InChI=1S/C23H34N4O3.HI/c1-7-24-22(26-14-23(6,29)20-12-16(4)30-17(20)5)25-13-18-8-10-19(11-9-18)27-21(28)15(2)3;/h8-12,15,29H,7,13-14H2,1-6H3,(H,27,28)(H2,24,25,26);1H. The number of halogens is 1. The molecule has 31 heavy (non-hydrogen) atoms. The van der Waals surface area contributed by atoms with E-state index in [0.29, 0.717) is 31.4 Å². The highest BCUT2D eigenvalue weighted by Gasteiger charge is 2.27. The van der Waals surface area contributed by atoms with Crippen LogP contribution in [0.15, 0.2) is 39.7 Å². The van der Waals surface area contributed by atoms with Crippen LogP contribution >= 0.6 is 24.0 Å². The monoisotopic (exact) mass is 542 g/mol. The van der Waals surface area contributed by atoms with Crippen LogP contribution in [0.3, 0.4) is 0 Å². The van der Waals surface area contributed by atoms with E-state index in [-0.39, 0.29) is 35.8 Å². The molecule has 0 aliphatic carbocycles. The lowest BCUT2D eigenvalue weighted by molar-refractivity contribution is -0.118. The van der Waals surface area contributed by atoms with Gasteiger partial charge in [0.25, 0.3) is 0 Å².